The average Bonchev–Trinajstić information content (AvgIpc) is 2.54. The molecule has 0 bridgehead atoms. The third-order valence-corrected chi connectivity index (χ3v) is 4.07. The minimum absolute atomic E-state index is 0.0604. The van der Waals surface area contributed by atoms with E-state index >= 15 is 0 Å². The molecule has 2 aromatic carbocycles. The molecule has 2 amide bonds. The van der Waals surface area contributed by atoms with Crippen LogP contribution in [0.25, 0.3) is 0 Å². The number of para-hydroxylation sites is 2. The summed E-state index contributed by atoms with van der Waals surface area (Å²) in [5.41, 5.74) is 0.581. The molecule has 7 heteroatoms. The number of amides is 2. The number of halogens is 2. The maximum Gasteiger partial charge on any atom is 0.268 e. The van der Waals surface area contributed by atoms with E-state index in [0.717, 1.165) is 0 Å². The highest BCUT2D eigenvalue weighted by molar-refractivity contribution is 9.10. The van der Waals surface area contributed by atoms with Crippen molar-refractivity contribution < 1.29 is 18.7 Å². The average molecular weight is 393 g/mol. The molecule has 0 aromatic heterocycles. The van der Waals surface area contributed by atoms with Crippen LogP contribution in [0.5, 0.6) is 5.75 Å². The number of carbonyl (C=O) groups excluding carboxylic acids is 2. The van der Waals surface area contributed by atoms with Gasteiger partial charge in [0.1, 0.15) is 18.1 Å². The summed E-state index contributed by atoms with van der Waals surface area (Å²) in [4.78, 5) is 25.9. The molecule has 1 atom stereocenters. The molecule has 1 N–H and O–H groups in total. The Morgan fingerprint density at radius 1 is 1.33 bits per heavy atom. The van der Waals surface area contributed by atoms with Gasteiger partial charge in [0.15, 0.2) is 6.10 Å². The SMILES string of the molecule is CC1Oc2ccccc2N(CC(=O)Nc2ccc(Br)cc2F)C1=O. The fraction of sp³-hybridized carbons (Fsp3) is 0.176. The zero-order chi connectivity index (χ0) is 17.3. The van der Waals surface area contributed by atoms with Gasteiger partial charge in [-0.1, -0.05) is 28.1 Å². The Morgan fingerprint density at radius 2 is 2.08 bits per heavy atom. The highest BCUT2D eigenvalue weighted by Gasteiger charge is 2.32. The molecule has 2 aromatic rings. The zero-order valence-electron chi connectivity index (χ0n) is 12.8. The number of anilines is 2. The molecule has 24 heavy (non-hydrogen) atoms. The van der Waals surface area contributed by atoms with Crippen molar-refractivity contribution in [2.45, 2.75) is 13.0 Å². The van der Waals surface area contributed by atoms with Crippen molar-refractivity contribution in [3.63, 3.8) is 0 Å². The molecule has 0 spiro atoms. The van der Waals surface area contributed by atoms with Crippen molar-refractivity contribution in [3.05, 3.63) is 52.8 Å². The van der Waals surface area contributed by atoms with Gasteiger partial charge in [0.2, 0.25) is 5.91 Å². The van der Waals surface area contributed by atoms with Crippen molar-refractivity contribution in [1.29, 1.82) is 0 Å². The topological polar surface area (TPSA) is 58.6 Å². The van der Waals surface area contributed by atoms with E-state index in [1.807, 2.05) is 0 Å². The molecule has 0 saturated heterocycles. The first kappa shape index (κ1) is 16.4. The van der Waals surface area contributed by atoms with Gasteiger partial charge in [-0.2, -0.15) is 0 Å². The Morgan fingerprint density at radius 3 is 2.83 bits per heavy atom. The van der Waals surface area contributed by atoms with E-state index in [4.69, 9.17) is 4.74 Å². The van der Waals surface area contributed by atoms with Gasteiger partial charge in [0.05, 0.1) is 11.4 Å². The summed E-state index contributed by atoms with van der Waals surface area (Å²) in [6.07, 6.45) is -0.683. The Bertz CT molecular complexity index is 812. The highest BCUT2D eigenvalue weighted by Crippen LogP contribution is 2.33. The first-order chi connectivity index (χ1) is 11.5. The van der Waals surface area contributed by atoms with Crippen molar-refractivity contribution in [2.75, 3.05) is 16.8 Å². The largest absolute Gasteiger partial charge is 0.479 e. The van der Waals surface area contributed by atoms with E-state index in [-0.39, 0.29) is 18.1 Å². The van der Waals surface area contributed by atoms with E-state index in [1.165, 1.54) is 17.0 Å². The number of hydrogen-bond acceptors (Lipinski definition) is 3. The van der Waals surface area contributed by atoms with Crippen LogP contribution in [0.4, 0.5) is 15.8 Å². The summed E-state index contributed by atoms with van der Waals surface area (Å²) >= 11 is 3.16. The lowest BCUT2D eigenvalue weighted by Gasteiger charge is -2.32. The van der Waals surface area contributed by atoms with Crippen LogP contribution in [-0.4, -0.2) is 24.5 Å². The Kier molecular flexibility index (Phi) is 4.53. The normalized spacial score (nSPS) is 16.4. The second kappa shape index (κ2) is 6.60. The standard InChI is InChI=1S/C17H14BrFN2O3/c1-10-17(23)21(14-4-2-3-5-15(14)24-10)9-16(22)20-13-7-6-11(18)8-12(13)19/h2-8,10H,9H2,1H3,(H,20,22). The Labute approximate surface area is 146 Å². The fourth-order valence-electron chi connectivity index (χ4n) is 2.45. The van der Waals surface area contributed by atoms with Gasteiger partial charge < -0.3 is 10.1 Å². The Balaban J connectivity index is 1.79. The minimum Gasteiger partial charge on any atom is -0.479 e. The number of fused-ring (bicyclic) bond motifs is 1. The number of rotatable bonds is 3. The van der Waals surface area contributed by atoms with Crippen LogP contribution < -0.4 is 15.0 Å². The minimum atomic E-state index is -0.683. The molecule has 3 rings (SSSR count). The van der Waals surface area contributed by atoms with E-state index < -0.39 is 17.8 Å². The van der Waals surface area contributed by atoms with Crippen LogP contribution in [0.2, 0.25) is 0 Å². The molecular weight excluding hydrogens is 379 g/mol. The molecule has 1 aliphatic rings. The van der Waals surface area contributed by atoms with Gasteiger partial charge in [0, 0.05) is 4.47 Å². The summed E-state index contributed by atoms with van der Waals surface area (Å²) in [6, 6.07) is 11.3. The quantitative estimate of drug-likeness (QED) is 0.871. The number of nitrogens with one attached hydrogen (secondary N) is 1. The van der Waals surface area contributed by atoms with E-state index in [9.17, 15) is 14.0 Å². The number of carbonyl (C=O) groups is 2. The molecule has 0 fully saturated rings. The van der Waals surface area contributed by atoms with Gasteiger partial charge in [0.25, 0.3) is 5.91 Å². The lowest BCUT2D eigenvalue weighted by atomic mass is 10.2. The smallest absolute Gasteiger partial charge is 0.268 e. The van der Waals surface area contributed by atoms with Crippen molar-refractivity contribution >= 4 is 39.1 Å². The third kappa shape index (κ3) is 3.26. The summed E-state index contributed by atoms with van der Waals surface area (Å²) in [7, 11) is 0. The van der Waals surface area contributed by atoms with E-state index in [0.29, 0.717) is 15.9 Å². The van der Waals surface area contributed by atoms with Crippen LogP contribution in [-0.2, 0) is 9.59 Å². The van der Waals surface area contributed by atoms with Gasteiger partial charge in [-0.15, -0.1) is 0 Å². The van der Waals surface area contributed by atoms with Gasteiger partial charge >= 0.3 is 0 Å². The summed E-state index contributed by atoms with van der Waals surface area (Å²) in [6.45, 7) is 1.40. The first-order valence-corrected chi connectivity index (χ1v) is 8.07. The van der Waals surface area contributed by atoms with Crippen LogP contribution in [0.1, 0.15) is 6.92 Å². The lowest BCUT2D eigenvalue weighted by molar-refractivity contribution is -0.127. The molecule has 1 unspecified atom stereocenters. The first-order valence-electron chi connectivity index (χ1n) is 7.27. The van der Waals surface area contributed by atoms with E-state index in [1.54, 1.807) is 37.3 Å². The summed E-state index contributed by atoms with van der Waals surface area (Å²) in [5.74, 6) is -0.833. The molecule has 0 radical (unpaired) electrons. The van der Waals surface area contributed by atoms with Crippen molar-refractivity contribution in [3.8, 4) is 5.75 Å². The lowest BCUT2D eigenvalue weighted by Crippen LogP contribution is -2.47. The van der Waals surface area contributed by atoms with E-state index in [2.05, 4.69) is 21.2 Å². The van der Waals surface area contributed by atoms with Crippen LogP contribution in [0, 0.1) is 5.82 Å². The second-order valence-electron chi connectivity index (χ2n) is 5.32. The summed E-state index contributed by atoms with van der Waals surface area (Å²) < 4.78 is 19.9. The molecule has 0 aliphatic carbocycles. The number of nitrogens with zero attached hydrogens (tertiary/aromatic N) is 1. The van der Waals surface area contributed by atoms with Crippen LogP contribution in [0.15, 0.2) is 46.9 Å². The maximum atomic E-state index is 13.8. The molecule has 1 heterocycles. The zero-order valence-corrected chi connectivity index (χ0v) is 14.3. The molecule has 0 saturated carbocycles. The molecule has 5 nitrogen and oxygen atoms in total. The summed E-state index contributed by atoms with van der Waals surface area (Å²) in [5, 5.41) is 2.48. The van der Waals surface area contributed by atoms with Crippen LogP contribution in [0.3, 0.4) is 0 Å². The molecule has 124 valence electrons. The van der Waals surface area contributed by atoms with Crippen molar-refractivity contribution in [1.82, 2.24) is 0 Å². The fourth-order valence-corrected chi connectivity index (χ4v) is 2.78. The van der Waals surface area contributed by atoms with Gasteiger partial charge in [-0.05, 0) is 37.3 Å². The van der Waals surface area contributed by atoms with Crippen molar-refractivity contribution in [2.24, 2.45) is 0 Å². The van der Waals surface area contributed by atoms with Gasteiger partial charge in [-0.3, -0.25) is 14.5 Å². The highest BCUT2D eigenvalue weighted by atomic mass is 79.9. The second-order valence-corrected chi connectivity index (χ2v) is 6.24. The number of hydrogen-bond donors (Lipinski definition) is 1. The predicted octanol–water partition coefficient (Wildman–Crippen LogP) is 3.34. The molecule has 1 aliphatic heterocycles. The Hall–Kier alpha value is -2.41. The molecular formula is C17H14BrFN2O3. The third-order valence-electron chi connectivity index (χ3n) is 3.58. The van der Waals surface area contributed by atoms with Crippen LogP contribution >= 0.6 is 15.9 Å². The maximum absolute atomic E-state index is 13.8. The number of ether oxygens (including phenoxy) is 1. The number of benzene rings is 2. The van der Waals surface area contributed by atoms with Gasteiger partial charge in [-0.25, -0.2) is 4.39 Å². The predicted molar refractivity (Wildman–Crippen MR) is 91.6 cm³/mol. The monoisotopic (exact) mass is 392 g/mol.